The van der Waals surface area contributed by atoms with E-state index in [-0.39, 0.29) is 6.09 Å². The number of carbonyl (C=O) groups is 1. The minimum Gasteiger partial charge on any atom is -0.444 e. The van der Waals surface area contributed by atoms with Crippen LogP contribution in [0, 0.1) is 0 Å². The highest BCUT2D eigenvalue weighted by atomic mass is 35.5. The van der Waals surface area contributed by atoms with E-state index < -0.39 is 30.0 Å². The lowest BCUT2D eigenvalue weighted by molar-refractivity contribution is -0.0446. The number of nitrogens with zero attached hydrogens (tertiary/aromatic N) is 2. The highest BCUT2D eigenvalue weighted by Gasteiger charge is 2.52. The van der Waals surface area contributed by atoms with E-state index in [1.54, 1.807) is 11.0 Å². The Hall–Kier alpha value is -1.35. The number of hydrogen-bond acceptors (Lipinski definition) is 6. The summed E-state index contributed by atoms with van der Waals surface area (Å²) in [5, 5.41) is 0.324. The van der Waals surface area contributed by atoms with E-state index in [1.165, 1.54) is 0 Å². The van der Waals surface area contributed by atoms with Crippen LogP contribution in [0.25, 0.3) is 0 Å². The fourth-order valence-corrected chi connectivity index (χ4v) is 3.36. The highest BCUT2D eigenvalue weighted by Crippen LogP contribution is 2.36. The van der Waals surface area contributed by atoms with E-state index in [1.807, 2.05) is 54.5 Å². The molecule has 3 heterocycles. The number of hydrogen-bond donors (Lipinski definition) is 0. The molecule has 2 fully saturated rings. The van der Waals surface area contributed by atoms with Crippen molar-refractivity contribution in [2.24, 2.45) is 0 Å². The zero-order valence-electron chi connectivity index (χ0n) is 18.2. The molecule has 0 aliphatic carbocycles. The maximum Gasteiger partial charge on any atom is 0.495 e. The van der Waals surface area contributed by atoms with Crippen molar-refractivity contribution in [2.75, 3.05) is 19.7 Å². The molecule has 2 aliphatic rings. The Labute approximate surface area is 178 Å². The molecule has 0 N–H and O–H groups in total. The Kier molecular flexibility index (Phi) is 5.95. The average molecular weight is 425 g/mol. The van der Waals surface area contributed by atoms with E-state index in [2.05, 4.69) is 4.98 Å². The van der Waals surface area contributed by atoms with Gasteiger partial charge in [0, 0.05) is 6.54 Å². The Morgan fingerprint density at radius 3 is 2.45 bits per heavy atom. The second-order valence-corrected chi connectivity index (χ2v) is 9.91. The molecule has 0 spiro atoms. The van der Waals surface area contributed by atoms with Gasteiger partial charge < -0.3 is 23.7 Å². The number of pyridine rings is 1. The van der Waals surface area contributed by atoms with Gasteiger partial charge in [-0.25, -0.2) is 9.78 Å². The number of ether oxygens (including phenoxy) is 2. The number of aromatic nitrogens is 1. The third-order valence-corrected chi connectivity index (χ3v) is 5.60. The van der Waals surface area contributed by atoms with Crippen LogP contribution in [0.3, 0.4) is 0 Å². The van der Waals surface area contributed by atoms with Gasteiger partial charge in [0.25, 0.3) is 0 Å². The standard InChI is InChI=1S/C20H30BClN2O5/c1-18(2,3)27-17(25)24-8-9-26-15(12-24)14-10-13(11-16(22)23-14)21-28-19(4,5)20(6,7)29-21/h10-11,15H,8-9,12H2,1-7H3. The number of rotatable bonds is 2. The molecule has 1 amide bonds. The predicted molar refractivity (Wildman–Crippen MR) is 111 cm³/mol. The van der Waals surface area contributed by atoms with Gasteiger partial charge in [-0.1, -0.05) is 11.6 Å². The smallest absolute Gasteiger partial charge is 0.444 e. The molecule has 9 heteroatoms. The van der Waals surface area contributed by atoms with E-state index in [0.29, 0.717) is 30.5 Å². The van der Waals surface area contributed by atoms with E-state index in [9.17, 15) is 4.79 Å². The van der Waals surface area contributed by atoms with Crippen molar-refractivity contribution >= 4 is 30.3 Å². The lowest BCUT2D eigenvalue weighted by Crippen LogP contribution is -2.45. The summed E-state index contributed by atoms with van der Waals surface area (Å²) in [7, 11) is -0.551. The zero-order chi connectivity index (χ0) is 21.6. The van der Waals surface area contributed by atoms with Gasteiger partial charge in [0.05, 0.1) is 30.0 Å². The van der Waals surface area contributed by atoms with Gasteiger partial charge >= 0.3 is 13.2 Å². The molecule has 1 atom stereocenters. The van der Waals surface area contributed by atoms with Gasteiger partial charge in [0.1, 0.15) is 16.9 Å². The maximum atomic E-state index is 12.4. The van der Waals surface area contributed by atoms with Gasteiger partial charge in [0.2, 0.25) is 0 Å². The number of carbonyl (C=O) groups excluding carboxylic acids is 1. The van der Waals surface area contributed by atoms with Crippen molar-refractivity contribution in [3.05, 3.63) is 23.0 Å². The molecule has 2 saturated heterocycles. The minimum atomic E-state index is -0.552. The van der Waals surface area contributed by atoms with Crippen LogP contribution in [0.4, 0.5) is 4.79 Å². The second-order valence-electron chi connectivity index (χ2n) is 9.52. The predicted octanol–water partition coefficient (Wildman–Crippen LogP) is 3.34. The molecule has 160 valence electrons. The molecule has 1 unspecified atom stereocenters. The van der Waals surface area contributed by atoms with Crippen molar-refractivity contribution in [1.29, 1.82) is 0 Å². The maximum absolute atomic E-state index is 12.4. The molecule has 1 aromatic rings. The van der Waals surface area contributed by atoms with Crippen LogP contribution < -0.4 is 5.46 Å². The summed E-state index contributed by atoms with van der Waals surface area (Å²) in [5.41, 5.74) is -0.0550. The topological polar surface area (TPSA) is 70.1 Å². The summed E-state index contributed by atoms with van der Waals surface area (Å²) < 4.78 is 23.6. The molecule has 7 nitrogen and oxygen atoms in total. The lowest BCUT2D eigenvalue weighted by atomic mass is 9.79. The third kappa shape index (κ3) is 5.05. The van der Waals surface area contributed by atoms with Crippen LogP contribution in [0.2, 0.25) is 5.15 Å². The molecule has 3 rings (SSSR count). The molecule has 0 radical (unpaired) electrons. The van der Waals surface area contributed by atoms with Crippen molar-refractivity contribution in [3.63, 3.8) is 0 Å². The Balaban J connectivity index is 1.79. The Bertz CT molecular complexity index is 765. The van der Waals surface area contributed by atoms with Gasteiger partial charge in [0.15, 0.2) is 0 Å². The van der Waals surface area contributed by atoms with E-state index >= 15 is 0 Å². The summed E-state index contributed by atoms with van der Waals surface area (Å²) in [4.78, 5) is 18.5. The fourth-order valence-electron chi connectivity index (χ4n) is 3.14. The van der Waals surface area contributed by atoms with Crippen LogP contribution in [0.5, 0.6) is 0 Å². The molecule has 0 saturated carbocycles. The summed E-state index contributed by atoms with van der Waals surface area (Å²) in [6.07, 6.45) is -0.768. The first-order chi connectivity index (χ1) is 13.3. The first-order valence-electron chi connectivity index (χ1n) is 9.90. The van der Waals surface area contributed by atoms with Crippen LogP contribution >= 0.6 is 11.6 Å². The van der Waals surface area contributed by atoms with Crippen LogP contribution in [-0.4, -0.2) is 59.6 Å². The SMILES string of the molecule is CC(C)(C)OC(=O)N1CCOC(c2cc(B3OC(C)(C)C(C)(C)O3)cc(Cl)n2)C1. The minimum absolute atomic E-state index is 0.324. The van der Waals surface area contributed by atoms with Crippen molar-refractivity contribution < 1.29 is 23.6 Å². The summed E-state index contributed by atoms with van der Waals surface area (Å²) in [5.74, 6) is 0. The van der Waals surface area contributed by atoms with E-state index in [4.69, 9.17) is 30.4 Å². The van der Waals surface area contributed by atoms with Gasteiger partial charge in [-0.3, -0.25) is 0 Å². The van der Waals surface area contributed by atoms with Crippen LogP contribution in [-0.2, 0) is 18.8 Å². The molecule has 0 aromatic carbocycles. The Morgan fingerprint density at radius 2 is 1.86 bits per heavy atom. The summed E-state index contributed by atoms with van der Waals surface area (Å²) >= 11 is 6.29. The van der Waals surface area contributed by atoms with Crippen molar-refractivity contribution in [1.82, 2.24) is 9.88 Å². The molecule has 29 heavy (non-hydrogen) atoms. The normalized spacial score (nSPS) is 23.9. The number of morpholine rings is 1. The summed E-state index contributed by atoms with van der Waals surface area (Å²) in [6, 6.07) is 3.61. The summed E-state index contributed by atoms with van der Waals surface area (Å²) in [6.45, 7) is 14.7. The number of amides is 1. The van der Waals surface area contributed by atoms with Gasteiger partial charge in [-0.2, -0.15) is 0 Å². The van der Waals surface area contributed by atoms with Crippen LogP contribution in [0.1, 0.15) is 60.3 Å². The molecular weight excluding hydrogens is 394 g/mol. The first kappa shape index (κ1) is 22.3. The number of halogens is 1. The van der Waals surface area contributed by atoms with Crippen molar-refractivity contribution in [3.8, 4) is 0 Å². The van der Waals surface area contributed by atoms with Gasteiger partial charge in [-0.05, 0) is 66.1 Å². The largest absolute Gasteiger partial charge is 0.495 e. The van der Waals surface area contributed by atoms with Gasteiger partial charge in [-0.15, -0.1) is 0 Å². The Morgan fingerprint density at radius 1 is 1.24 bits per heavy atom. The molecule has 0 bridgehead atoms. The fraction of sp³-hybridized carbons (Fsp3) is 0.700. The monoisotopic (exact) mass is 424 g/mol. The molecule has 2 aliphatic heterocycles. The molecular formula is C20H30BClN2O5. The third-order valence-electron chi connectivity index (χ3n) is 5.41. The second kappa shape index (κ2) is 7.73. The van der Waals surface area contributed by atoms with E-state index in [0.717, 1.165) is 5.46 Å². The average Bonchev–Trinajstić information content (AvgIpc) is 2.81. The first-order valence-corrected chi connectivity index (χ1v) is 10.3. The molecule has 1 aromatic heterocycles. The zero-order valence-corrected chi connectivity index (χ0v) is 19.0. The highest BCUT2D eigenvalue weighted by molar-refractivity contribution is 6.62. The lowest BCUT2D eigenvalue weighted by Gasteiger charge is -2.34. The van der Waals surface area contributed by atoms with Crippen molar-refractivity contribution in [2.45, 2.75) is 71.4 Å². The van der Waals surface area contributed by atoms with Crippen LogP contribution in [0.15, 0.2) is 12.1 Å². The quantitative estimate of drug-likeness (QED) is 0.536.